The Morgan fingerprint density at radius 3 is 2.25 bits per heavy atom. The lowest BCUT2D eigenvalue weighted by molar-refractivity contribution is -0.145. The Labute approximate surface area is 213 Å². The monoisotopic (exact) mass is 507 g/mol. The SMILES string of the molecule is CCC(C)C(NC(=O)OC(C)(C)C)C(=O)N(CCO)C(C(=O)NCC(=O)OC)c1ccc(C)c(C)c1. The minimum atomic E-state index is -1.17. The fourth-order valence-electron chi connectivity index (χ4n) is 3.51. The topological polar surface area (TPSA) is 134 Å². The number of aliphatic hydroxyl groups excluding tert-OH is 1. The average molecular weight is 508 g/mol. The lowest BCUT2D eigenvalue weighted by Gasteiger charge is -2.35. The standard InChI is InChI=1S/C26H41N3O7/c1-9-16(2)21(28-25(34)36-26(5,6)7)24(33)29(12-13-30)22(23(32)27-15-20(31)35-8)19-11-10-17(3)18(4)14-19/h10-11,14,16,21-22,30H,9,12-13,15H2,1-8H3,(H,27,32)(H,28,34). The molecule has 3 unspecified atom stereocenters. The van der Waals surface area contributed by atoms with E-state index in [0.29, 0.717) is 12.0 Å². The smallest absolute Gasteiger partial charge is 0.408 e. The molecular weight excluding hydrogens is 466 g/mol. The van der Waals surface area contributed by atoms with E-state index in [2.05, 4.69) is 15.4 Å². The molecule has 202 valence electrons. The van der Waals surface area contributed by atoms with Gasteiger partial charge in [0.25, 0.3) is 0 Å². The van der Waals surface area contributed by atoms with Gasteiger partial charge in [0.1, 0.15) is 24.2 Å². The van der Waals surface area contributed by atoms with Gasteiger partial charge in [-0.15, -0.1) is 0 Å². The van der Waals surface area contributed by atoms with Crippen molar-refractivity contribution in [2.45, 2.75) is 72.6 Å². The Bertz CT molecular complexity index is 927. The van der Waals surface area contributed by atoms with Crippen LogP contribution < -0.4 is 10.6 Å². The zero-order valence-electron chi connectivity index (χ0n) is 22.6. The van der Waals surface area contributed by atoms with Crippen LogP contribution in [0, 0.1) is 19.8 Å². The van der Waals surface area contributed by atoms with E-state index < -0.39 is 48.2 Å². The summed E-state index contributed by atoms with van der Waals surface area (Å²) in [6.45, 7) is 11.6. The van der Waals surface area contributed by atoms with Crippen molar-refractivity contribution in [2.24, 2.45) is 5.92 Å². The Morgan fingerprint density at radius 1 is 1.11 bits per heavy atom. The second-order valence-corrected chi connectivity index (χ2v) is 9.80. The molecule has 0 aliphatic rings. The third-order valence-corrected chi connectivity index (χ3v) is 5.82. The predicted octanol–water partition coefficient (Wildman–Crippen LogP) is 2.39. The molecule has 1 aromatic carbocycles. The highest BCUT2D eigenvalue weighted by atomic mass is 16.6. The van der Waals surface area contributed by atoms with Crippen LogP contribution in [0.1, 0.15) is 63.8 Å². The van der Waals surface area contributed by atoms with Crippen molar-refractivity contribution in [3.8, 4) is 0 Å². The zero-order chi connectivity index (χ0) is 27.6. The van der Waals surface area contributed by atoms with Gasteiger partial charge in [-0.3, -0.25) is 14.4 Å². The molecule has 0 fully saturated rings. The first-order chi connectivity index (χ1) is 16.7. The van der Waals surface area contributed by atoms with Crippen LogP contribution in [-0.2, 0) is 23.9 Å². The van der Waals surface area contributed by atoms with E-state index in [1.165, 1.54) is 12.0 Å². The predicted molar refractivity (Wildman–Crippen MR) is 135 cm³/mol. The fraction of sp³-hybridized carbons (Fsp3) is 0.615. The maximum atomic E-state index is 13.9. The summed E-state index contributed by atoms with van der Waals surface area (Å²) in [5, 5.41) is 15.0. The number of benzene rings is 1. The Hall–Kier alpha value is -3.14. The molecule has 3 atom stereocenters. The molecule has 0 saturated heterocycles. The molecule has 10 heteroatoms. The van der Waals surface area contributed by atoms with Crippen LogP contribution >= 0.6 is 0 Å². The van der Waals surface area contributed by atoms with E-state index in [1.807, 2.05) is 26.8 Å². The van der Waals surface area contributed by atoms with Gasteiger partial charge in [0, 0.05) is 6.54 Å². The van der Waals surface area contributed by atoms with Gasteiger partial charge >= 0.3 is 12.1 Å². The number of aliphatic hydroxyl groups is 1. The number of amides is 3. The number of esters is 1. The van der Waals surface area contributed by atoms with E-state index in [-0.39, 0.29) is 19.0 Å². The summed E-state index contributed by atoms with van der Waals surface area (Å²) in [6, 6.07) is 3.16. The summed E-state index contributed by atoms with van der Waals surface area (Å²) < 4.78 is 9.96. The van der Waals surface area contributed by atoms with Gasteiger partial charge in [-0.05, 0) is 57.2 Å². The molecule has 1 rings (SSSR count). The second-order valence-electron chi connectivity index (χ2n) is 9.80. The number of rotatable bonds is 11. The molecule has 3 amide bonds. The molecule has 3 N–H and O–H groups in total. The van der Waals surface area contributed by atoms with E-state index in [1.54, 1.807) is 39.8 Å². The first-order valence-electron chi connectivity index (χ1n) is 12.1. The molecule has 0 radical (unpaired) electrons. The molecule has 0 bridgehead atoms. The third kappa shape index (κ3) is 9.14. The molecule has 0 aromatic heterocycles. The number of carbonyl (C=O) groups is 4. The van der Waals surface area contributed by atoms with E-state index in [0.717, 1.165) is 11.1 Å². The van der Waals surface area contributed by atoms with Crippen molar-refractivity contribution in [1.29, 1.82) is 0 Å². The minimum Gasteiger partial charge on any atom is -0.468 e. The highest BCUT2D eigenvalue weighted by molar-refractivity contribution is 5.93. The Kier molecular flexibility index (Phi) is 11.9. The van der Waals surface area contributed by atoms with Crippen LogP contribution in [-0.4, -0.2) is 72.3 Å². The Morgan fingerprint density at radius 2 is 1.75 bits per heavy atom. The molecule has 0 aliphatic carbocycles. The highest BCUT2D eigenvalue weighted by Gasteiger charge is 2.38. The maximum Gasteiger partial charge on any atom is 0.408 e. The molecule has 0 saturated carbocycles. The first kappa shape index (κ1) is 30.9. The molecule has 1 aromatic rings. The van der Waals surface area contributed by atoms with Crippen LogP contribution in [0.5, 0.6) is 0 Å². The summed E-state index contributed by atoms with van der Waals surface area (Å²) in [6.07, 6.45) is -0.204. The number of hydrogen-bond donors (Lipinski definition) is 3. The number of methoxy groups -OCH3 is 1. The van der Waals surface area contributed by atoms with Gasteiger partial charge in [0.15, 0.2) is 0 Å². The van der Waals surface area contributed by atoms with E-state index >= 15 is 0 Å². The normalized spacial score (nSPS) is 13.7. The van der Waals surface area contributed by atoms with Crippen molar-refractivity contribution >= 4 is 23.9 Å². The number of nitrogens with one attached hydrogen (secondary N) is 2. The van der Waals surface area contributed by atoms with Crippen LogP contribution in [0.4, 0.5) is 4.79 Å². The minimum absolute atomic E-state index is 0.176. The van der Waals surface area contributed by atoms with Crippen molar-refractivity contribution in [3.63, 3.8) is 0 Å². The van der Waals surface area contributed by atoms with Gasteiger partial charge < -0.3 is 30.1 Å². The summed E-state index contributed by atoms with van der Waals surface area (Å²) in [7, 11) is 1.20. The number of hydrogen-bond acceptors (Lipinski definition) is 7. The van der Waals surface area contributed by atoms with Gasteiger partial charge in [-0.2, -0.15) is 0 Å². The number of carbonyl (C=O) groups excluding carboxylic acids is 4. The first-order valence-corrected chi connectivity index (χ1v) is 12.1. The van der Waals surface area contributed by atoms with E-state index in [4.69, 9.17) is 4.74 Å². The molecule has 36 heavy (non-hydrogen) atoms. The van der Waals surface area contributed by atoms with Gasteiger partial charge in [-0.1, -0.05) is 38.5 Å². The quantitative estimate of drug-likeness (QED) is 0.392. The lowest BCUT2D eigenvalue weighted by Crippen LogP contribution is -2.56. The largest absolute Gasteiger partial charge is 0.468 e. The molecule has 10 nitrogen and oxygen atoms in total. The number of aryl methyl sites for hydroxylation is 2. The summed E-state index contributed by atoms with van der Waals surface area (Å²) >= 11 is 0. The molecule has 0 heterocycles. The van der Waals surface area contributed by atoms with Crippen LogP contribution in [0.25, 0.3) is 0 Å². The zero-order valence-corrected chi connectivity index (χ0v) is 22.6. The van der Waals surface area contributed by atoms with Crippen molar-refractivity contribution < 1.29 is 33.8 Å². The summed E-state index contributed by atoms with van der Waals surface area (Å²) in [5.41, 5.74) is 1.63. The molecular formula is C26H41N3O7. The number of alkyl carbamates (subject to hydrolysis) is 1. The molecule has 0 aliphatic heterocycles. The highest BCUT2D eigenvalue weighted by Crippen LogP contribution is 2.26. The average Bonchev–Trinajstić information content (AvgIpc) is 2.80. The number of nitrogens with zero attached hydrogens (tertiary/aromatic N) is 1. The fourth-order valence-corrected chi connectivity index (χ4v) is 3.51. The summed E-state index contributed by atoms with van der Waals surface area (Å²) in [4.78, 5) is 52.7. The van der Waals surface area contributed by atoms with Crippen molar-refractivity contribution in [1.82, 2.24) is 15.5 Å². The third-order valence-electron chi connectivity index (χ3n) is 5.82. The Balaban J connectivity index is 3.49. The van der Waals surface area contributed by atoms with Crippen molar-refractivity contribution in [3.05, 3.63) is 34.9 Å². The van der Waals surface area contributed by atoms with Gasteiger partial charge in [0.05, 0.1) is 13.7 Å². The lowest BCUT2D eigenvalue weighted by atomic mass is 9.94. The van der Waals surface area contributed by atoms with Crippen molar-refractivity contribution in [2.75, 3.05) is 26.8 Å². The van der Waals surface area contributed by atoms with Crippen LogP contribution in [0.3, 0.4) is 0 Å². The van der Waals surface area contributed by atoms with E-state index in [9.17, 15) is 24.3 Å². The van der Waals surface area contributed by atoms with Crippen LogP contribution in [0.15, 0.2) is 18.2 Å². The van der Waals surface area contributed by atoms with Crippen LogP contribution in [0.2, 0.25) is 0 Å². The van der Waals surface area contributed by atoms with Gasteiger partial charge in [0.2, 0.25) is 11.8 Å². The second kappa shape index (κ2) is 13.8. The summed E-state index contributed by atoms with van der Waals surface area (Å²) in [5.74, 6) is -2.12. The van der Waals surface area contributed by atoms with Gasteiger partial charge in [-0.25, -0.2) is 4.79 Å². The molecule has 0 spiro atoms. The maximum absolute atomic E-state index is 13.9. The number of ether oxygens (including phenoxy) is 2.